The third-order valence-corrected chi connectivity index (χ3v) is 3.25. The number of aryl methyl sites for hydroxylation is 2. The molecule has 0 amide bonds. The van der Waals surface area contributed by atoms with Crippen molar-refractivity contribution in [2.75, 3.05) is 11.9 Å². The fraction of sp³-hybridized carbons (Fsp3) is 0.500. The highest BCUT2D eigenvalue weighted by atomic mass is 15.3. The molecule has 0 spiro atoms. The zero-order valence-corrected chi connectivity index (χ0v) is 12.6. The number of anilines is 1. The monoisotopic (exact) mass is 285 g/mol. The van der Waals surface area contributed by atoms with Crippen LogP contribution in [0.5, 0.6) is 0 Å². The number of nitrogens with zero attached hydrogens (tertiary/aromatic N) is 6. The van der Waals surface area contributed by atoms with Gasteiger partial charge in [0, 0.05) is 20.0 Å². The van der Waals surface area contributed by atoms with Gasteiger partial charge in [0.2, 0.25) is 0 Å². The lowest BCUT2D eigenvalue weighted by atomic mass is 10.0. The van der Waals surface area contributed by atoms with Gasteiger partial charge < -0.3 is 5.32 Å². The van der Waals surface area contributed by atoms with Crippen molar-refractivity contribution in [3.05, 3.63) is 29.0 Å². The standard InChI is InChI=1S/C14H19N7/c1-4-10-11(8-15)14(19-18-12(10)5-2)16-7-6-13-17-9-21(3)20-13/h9H,4-7H2,1-3H3,(H,16,19). The Kier molecular flexibility index (Phi) is 4.82. The summed E-state index contributed by atoms with van der Waals surface area (Å²) in [6.45, 7) is 4.66. The van der Waals surface area contributed by atoms with E-state index in [-0.39, 0.29) is 0 Å². The van der Waals surface area contributed by atoms with Gasteiger partial charge in [-0.1, -0.05) is 13.8 Å². The molecule has 0 saturated carbocycles. The minimum atomic E-state index is 0.544. The van der Waals surface area contributed by atoms with E-state index in [1.165, 1.54) is 0 Å². The van der Waals surface area contributed by atoms with Gasteiger partial charge in [0.15, 0.2) is 11.6 Å². The second kappa shape index (κ2) is 6.79. The van der Waals surface area contributed by atoms with Gasteiger partial charge in [0.25, 0.3) is 0 Å². The highest BCUT2D eigenvalue weighted by Crippen LogP contribution is 2.19. The molecule has 0 aliphatic rings. The second-order valence-corrected chi connectivity index (χ2v) is 4.68. The lowest BCUT2D eigenvalue weighted by Gasteiger charge is -2.11. The predicted molar refractivity (Wildman–Crippen MR) is 78.7 cm³/mol. The van der Waals surface area contributed by atoms with E-state index >= 15 is 0 Å². The van der Waals surface area contributed by atoms with E-state index in [9.17, 15) is 5.26 Å². The molecule has 0 fully saturated rings. The molecule has 1 N–H and O–H groups in total. The quantitative estimate of drug-likeness (QED) is 0.859. The maximum absolute atomic E-state index is 9.38. The summed E-state index contributed by atoms with van der Waals surface area (Å²) in [6, 6.07) is 2.24. The molecule has 21 heavy (non-hydrogen) atoms. The first kappa shape index (κ1) is 14.9. The van der Waals surface area contributed by atoms with E-state index in [0.29, 0.717) is 24.3 Å². The summed E-state index contributed by atoms with van der Waals surface area (Å²) in [6.07, 6.45) is 3.90. The van der Waals surface area contributed by atoms with Gasteiger partial charge in [0.1, 0.15) is 18.0 Å². The van der Waals surface area contributed by atoms with Crippen molar-refractivity contribution in [1.29, 1.82) is 5.26 Å². The van der Waals surface area contributed by atoms with E-state index in [0.717, 1.165) is 29.9 Å². The van der Waals surface area contributed by atoms with Gasteiger partial charge in [-0.25, -0.2) is 4.98 Å². The minimum Gasteiger partial charge on any atom is -0.367 e. The van der Waals surface area contributed by atoms with Crippen molar-refractivity contribution in [3.63, 3.8) is 0 Å². The van der Waals surface area contributed by atoms with Crippen molar-refractivity contribution >= 4 is 5.82 Å². The molecule has 0 aliphatic heterocycles. The molecule has 0 aliphatic carbocycles. The molecule has 0 radical (unpaired) electrons. The zero-order chi connectivity index (χ0) is 15.2. The Hall–Kier alpha value is -2.49. The normalized spacial score (nSPS) is 10.4. The van der Waals surface area contributed by atoms with Crippen LogP contribution in [-0.2, 0) is 26.3 Å². The average molecular weight is 285 g/mol. The molecule has 7 nitrogen and oxygen atoms in total. The Morgan fingerprint density at radius 2 is 2.10 bits per heavy atom. The molecule has 0 saturated heterocycles. The van der Waals surface area contributed by atoms with Gasteiger partial charge in [-0.3, -0.25) is 4.68 Å². The second-order valence-electron chi connectivity index (χ2n) is 4.68. The van der Waals surface area contributed by atoms with Crippen LogP contribution < -0.4 is 5.32 Å². The fourth-order valence-electron chi connectivity index (χ4n) is 2.21. The Morgan fingerprint density at radius 3 is 2.67 bits per heavy atom. The molecule has 2 heterocycles. The summed E-state index contributed by atoms with van der Waals surface area (Å²) < 4.78 is 1.67. The molecule has 0 unspecified atom stereocenters. The van der Waals surface area contributed by atoms with Crippen LogP contribution >= 0.6 is 0 Å². The molecule has 2 aromatic rings. The first-order chi connectivity index (χ1) is 10.2. The molecule has 2 rings (SSSR count). The summed E-state index contributed by atoms with van der Waals surface area (Å²) >= 11 is 0. The van der Waals surface area contributed by atoms with Gasteiger partial charge in [0.05, 0.1) is 5.69 Å². The predicted octanol–water partition coefficient (Wildman–Crippen LogP) is 1.26. The zero-order valence-electron chi connectivity index (χ0n) is 12.6. The van der Waals surface area contributed by atoms with Crippen molar-refractivity contribution in [2.24, 2.45) is 7.05 Å². The molecule has 0 bridgehead atoms. The first-order valence-corrected chi connectivity index (χ1v) is 7.06. The molecule has 110 valence electrons. The minimum absolute atomic E-state index is 0.544. The number of aromatic nitrogens is 5. The first-order valence-electron chi connectivity index (χ1n) is 7.06. The smallest absolute Gasteiger partial charge is 0.166 e. The lowest BCUT2D eigenvalue weighted by Crippen LogP contribution is -2.12. The van der Waals surface area contributed by atoms with Crippen LogP contribution in [0.25, 0.3) is 0 Å². The van der Waals surface area contributed by atoms with E-state index in [1.807, 2.05) is 20.9 Å². The maximum Gasteiger partial charge on any atom is 0.166 e. The number of nitrogens with one attached hydrogen (secondary N) is 1. The van der Waals surface area contributed by atoms with Crippen LogP contribution in [0.3, 0.4) is 0 Å². The molecular weight excluding hydrogens is 266 g/mol. The third-order valence-electron chi connectivity index (χ3n) is 3.25. The van der Waals surface area contributed by atoms with Gasteiger partial charge >= 0.3 is 0 Å². The number of hydrogen-bond acceptors (Lipinski definition) is 6. The van der Waals surface area contributed by atoms with Crippen molar-refractivity contribution in [2.45, 2.75) is 33.1 Å². The molecule has 0 atom stereocenters. The number of nitriles is 1. The summed E-state index contributed by atoms with van der Waals surface area (Å²) in [5.41, 5.74) is 2.47. The summed E-state index contributed by atoms with van der Waals surface area (Å²) in [5.74, 6) is 1.31. The summed E-state index contributed by atoms with van der Waals surface area (Å²) in [4.78, 5) is 4.16. The van der Waals surface area contributed by atoms with Crippen LogP contribution in [0.15, 0.2) is 6.33 Å². The van der Waals surface area contributed by atoms with Crippen LogP contribution in [0.1, 0.15) is 36.5 Å². The lowest BCUT2D eigenvalue weighted by molar-refractivity contribution is 0.741. The number of rotatable bonds is 6. The molecule has 0 aromatic carbocycles. The molecular formula is C14H19N7. The van der Waals surface area contributed by atoms with Crippen LogP contribution in [0.4, 0.5) is 5.82 Å². The topological polar surface area (TPSA) is 92.3 Å². The Labute approximate surface area is 124 Å². The highest BCUT2D eigenvalue weighted by molar-refractivity contribution is 5.56. The van der Waals surface area contributed by atoms with E-state index in [4.69, 9.17) is 0 Å². The molecule has 2 aromatic heterocycles. The van der Waals surface area contributed by atoms with E-state index in [1.54, 1.807) is 11.0 Å². The maximum atomic E-state index is 9.38. The fourth-order valence-corrected chi connectivity index (χ4v) is 2.21. The van der Waals surface area contributed by atoms with Crippen LogP contribution in [-0.4, -0.2) is 31.5 Å². The molecule has 7 heteroatoms. The SMILES string of the molecule is CCc1nnc(NCCc2ncn(C)n2)c(C#N)c1CC. The van der Waals surface area contributed by atoms with Crippen molar-refractivity contribution in [1.82, 2.24) is 25.0 Å². The summed E-state index contributed by atoms with van der Waals surface area (Å²) in [7, 11) is 1.83. The van der Waals surface area contributed by atoms with E-state index < -0.39 is 0 Å². The van der Waals surface area contributed by atoms with Gasteiger partial charge in [-0.2, -0.15) is 15.5 Å². The third kappa shape index (κ3) is 3.34. The highest BCUT2D eigenvalue weighted by Gasteiger charge is 2.14. The van der Waals surface area contributed by atoms with Gasteiger partial charge in [-0.05, 0) is 18.4 Å². The number of hydrogen-bond donors (Lipinski definition) is 1. The Bertz CT molecular complexity index is 654. The van der Waals surface area contributed by atoms with Crippen molar-refractivity contribution in [3.8, 4) is 6.07 Å². The average Bonchev–Trinajstić information content (AvgIpc) is 2.91. The Morgan fingerprint density at radius 1 is 1.29 bits per heavy atom. The summed E-state index contributed by atoms with van der Waals surface area (Å²) in [5, 5.41) is 25.1. The van der Waals surface area contributed by atoms with Crippen LogP contribution in [0, 0.1) is 11.3 Å². The van der Waals surface area contributed by atoms with Gasteiger partial charge in [-0.15, -0.1) is 5.10 Å². The Balaban J connectivity index is 2.11. The van der Waals surface area contributed by atoms with Crippen LogP contribution in [0.2, 0.25) is 0 Å². The van der Waals surface area contributed by atoms with E-state index in [2.05, 4.69) is 31.7 Å². The van der Waals surface area contributed by atoms with Crippen molar-refractivity contribution < 1.29 is 0 Å². The largest absolute Gasteiger partial charge is 0.367 e.